The Labute approximate surface area is 120 Å². The van der Waals surface area contributed by atoms with Crippen LogP contribution in [-0.2, 0) is 4.79 Å². The lowest BCUT2D eigenvalue weighted by Crippen LogP contribution is -2.41. The predicted molar refractivity (Wildman–Crippen MR) is 80.5 cm³/mol. The van der Waals surface area contributed by atoms with Gasteiger partial charge in [-0.05, 0) is 25.0 Å². The number of amides is 1. The van der Waals surface area contributed by atoms with E-state index in [9.17, 15) is 4.79 Å². The normalized spacial score (nSPS) is 11.3. The standard InChI is InChI=1S/C13H22N4O.ClH/c1-2-6-11(14)13(18)17-10-5-9-16-12-7-3-4-8-15-12;/h3-4,7-8,11H,2,5-6,9-10,14H2,1H3,(H,15,16)(H,17,18);1H. The average molecular weight is 287 g/mol. The molecule has 0 saturated heterocycles. The number of hydrogen-bond acceptors (Lipinski definition) is 4. The zero-order chi connectivity index (χ0) is 13.2. The third-order valence-corrected chi connectivity index (χ3v) is 2.56. The van der Waals surface area contributed by atoms with Crippen molar-refractivity contribution in [3.8, 4) is 0 Å². The quantitative estimate of drug-likeness (QED) is 0.634. The summed E-state index contributed by atoms with van der Waals surface area (Å²) in [6, 6.07) is 5.34. The van der Waals surface area contributed by atoms with E-state index < -0.39 is 0 Å². The van der Waals surface area contributed by atoms with Crippen molar-refractivity contribution in [3.63, 3.8) is 0 Å². The summed E-state index contributed by atoms with van der Waals surface area (Å²) in [6.07, 6.45) is 4.25. The van der Waals surface area contributed by atoms with Gasteiger partial charge in [-0.15, -0.1) is 12.4 Å². The van der Waals surface area contributed by atoms with Gasteiger partial charge in [-0.25, -0.2) is 4.98 Å². The predicted octanol–water partition coefficient (Wildman–Crippen LogP) is 1.55. The molecule has 1 aromatic rings. The molecule has 0 bridgehead atoms. The fourth-order valence-corrected chi connectivity index (χ4v) is 1.56. The first kappa shape index (κ1) is 17.7. The van der Waals surface area contributed by atoms with E-state index in [-0.39, 0.29) is 24.4 Å². The number of carbonyl (C=O) groups excluding carboxylic acids is 1. The van der Waals surface area contributed by atoms with Crippen LogP contribution in [0.2, 0.25) is 0 Å². The lowest BCUT2D eigenvalue weighted by atomic mass is 10.2. The Balaban J connectivity index is 0.00000324. The van der Waals surface area contributed by atoms with Crippen LogP contribution < -0.4 is 16.4 Å². The van der Waals surface area contributed by atoms with E-state index in [1.807, 2.05) is 25.1 Å². The summed E-state index contributed by atoms with van der Waals surface area (Å²) < 4.78 is 0. The van der Waals surface area contributed by atoms with Crippen LogP contribution in [0.4, 0.5) is 5.82 Å². The highest BCUT2D eigenvalue weighted by molar-refractivity contribution is 5.85. The molecule has 19 heavy (non-hydrogen) atoms. The zero-order valence-corrected chi connectivity index (χ0v) is 12.1. The molecule has 1 unspecified atom stereocenters. The first-order valence-electron chi connectivity index (χ1n) is 6.42. The molecule has 0 aliphatic heterocycles. The van der Waals surface area contributed by atoms with Crippen LogP contribution in [-0.4, -0.2) is 30.0 Å². The third kappa shape index (κ3) is 7.64. The lowest BCUT2D eigenvalue weighted by molar-refractivity contribution is -0.122. The third-order valence-electron chi connectivity index (χ3n) is 2.56. The minimum absolute atomic E-state index is 0. The van der Waals surface area contributed by atoms with Crippen molar-refractivity contribution >= 4 is 24.1 Å². The summed E-state index contributed by atoms with van der Waals surface area (Å²) in [5.41, 5.74) is 5.70. The van der Waals surface area contributed by atoms with Crippen LogP contribution in [0.1, 0.15) is 26.2 Å². The van der Waals surface area contributed by atoms with Gasteiger partial charge in [0.25, 0.3) is 0 Å². The highest BCUT2D eigenvalue weighted by atomic mass is 35.5. The molecule has 108 valence electrons. The van der Waals surface area contributed by atoms with Crippen LogP contribution in [0.25, 0.3) is 0 Å². The molecule has 1 heterocycles. The first-order valence-corrected chi connectivity index (χ1v) is 6.42. The molecule has 4 N–H and O–H groups in total. The molecule has 0 aliphatic carbocycles. The van der Waals surface area contributed by atoms with Gasteiger partial charge in [-0.2, -0.15) is 0 Å². The fourth-order valence-electron chi connectivity index (χ4n) is 1.56. The maximum atomic E-state index is 11.5. The van der Waals surface area contributed by atoms with E-state index in [4.69, 9.17) is 5.73 Å². The Morgan fingerprint density at radius 2 is 2.21 bits per heavy atom. The average Bonchev–Trinajstić information content (AvgIpc) is 2.39. The van der Waals surface area contributed by atoms with Crippen LogP contribution >= 0.6 is 12.4 Å². The fraction of sp³-hybridized carbons (Fsp3) is 0.538. The van der Waals surface area contributed by atoms with E-state index in [0.29, 0.717) is 6.54 Å². The minimum Gasteiger partial charge on any atom is -0.370 e. The van der Waals surface area contributed by atoms with Gasteiger partial charge in [0.1, 0.15) is 5.82 Å². The second-order valence-corrected chi connectivity index (χ2v) is 4.18. The number of halogens is 1. The van der Waals surface area contributed by atoms with Crippen LogP contribution in [0.5, 0.6) is 0 Å². The number of rotatable bonds is 8. The van der Waals surface area contributed by atoms with Gasteiger partial charge >= 0.3 is 0 Å². The lowest BCUT2D eigenvalue weighted by Gasteiger charge is -2.11. The molecule has 1 rings (SSSR count). The number of aromatic nitrogens is 1. The molecular formula is C13H23ClN4O. The van der Waals surface area contributed by atoms with Crippen molar-refractivity contribution in [1.29, 1.82) is 0 Å². The Bertz CT molecular complexity index is 348. The second-order valence-electron chi connectivity index (χ2n) is 4.18. The molecule has 1 aromatic heterocycles. The number of nitrogens with zero attached hydrogens (tertiary/aromatic N) is 1. The summed E-state index contributed by atoms with van der Waals surface area (Å²) in [4.78, 5) is 15.6. The van der Waals surface area contributed by atoms with Gasteiger partial charge in [-0.1, -0.05) is 19.4 Å². The van der Waals surface area contributed by atoms with Crippen LogP contribution in [0.3, 0.4) is 0 Å². The summed E-state index contributed by atoms with van der Waals surface area (Å²) in [5.74, 6) is 0.793. The van der Waals surface area contributed by atoms with Crippen molar-refractivity contribution in [1.82, 2.24) is 10.3 Å². The Morgan fingerprint density at radius 1 is 1.42 bits per heavy atom. The van der Waals surface area contributed by atoms with E-state index in [2.05, 4.69) is 15.6 Å². The Morgan fingerprint density at radius 3 is 2.84 bits per heavy atom. The van der Waals surface area contributed by atoms with Crippen molar-refractivity contribution < 1.29 is 4.79 Å². The van der Waals surface area contributed by atoms with Crippen molar-refractivity contribution in [2.45, 2.75) is 32.2 Å². The molecule has 0 radical (unpaired) electrons. The van der Waals surface area contributed by atoms with Gasteiger partial charge in [0, 0.05) is 19.3 Å². The number of nitrogens with two attached hydrogens (primary N) is 1. The molecule has 0 aliphatic rings. The highest BCUT2D eigenvalue weighted by Gasteiger charge is 2.10. The number of nitrogens with one attached hydrogen (secondary N) is 2. The zero-order valence-electron chi connectivity index (χ0n) is 11.3. The van der Waals surface area contributed by atoms with Gasteiger partial charge in [-0.3, -0.25) is 4.79 Å². The van der Waals surface area contributed by atoms with Crippen molar-refractivity contribution in [3.05, 3.63) is 24.4 Å². The summed E-state index contributed by atoms with van der Waals surface area (Å²) >= 11 is 0. The smallest absolute Gasteiger partial charge is 0.236 e. The van der Waals surface area contributed by atoms with Crippen LogP contribution in [0, 0.1) is 0 Å². The van der Waals surface area contributed by atoms with Crippen molar-refractivity contribution in [2.75, 3.05) is 18.4 Å². The SMILES string of the molecule is CCCC(N)C(=O)NCCCNc1ccccn1.Cl. The summed E-state index contributed by atoms with van der Waals surface area (Å²) in [7, 11) is 0. The first-order chi connectivity index (χ1) is 8.74. The van der Waals surface area contributed by atoms with E-state index >= 15 is 0 Å². The Kier molecular flexibility index (Phi) is 9.84. The largest absolute Gasteiger partial charge is 0.370 e. The molecule has 0 aromatic carbocycles. The molecule has 0 saturated carbocycles. The van der Waals surface area contributed by atoms with Crippen LogP contribution in [0.15, 0.2) is 24.4 Å². The van der Waals surface area contributed by atoms with E-state index in [0.717, 1.165) is 31.6 Å². The molecule has 0 fully saturated rings. The van der Waals surface area contributed by atoms with Gasteiger partial charge in [0.05, 0.1) is 6.04 Å². The van der Waals surface area contributed by atoms with Gasteiger partial charge in [0.15, 0.2) is 0 Å². The number of pyridine rings is 1. The topological polar surface area (TPSA) is 80.0 Å². The molecule has 0 spiro atoms. The molecule has 5 nitrogen and oxygen atoms in total. The number of carbonyl (C=O) groups is 1. The molecule has 6 heteroatoms. The van der Waals surface area contributed by atoms with E-state index in [1.54, 1.807) is 6.20 Å². The summed E-state index contributed by atoms with van der Waals surface area (Å²) in [6.45, 7) is 3.43. The molecular weight excluding hydrogens is 264 g/mol. The maximum Gasteiger partial charge on any atom is 0.236 e. The van der Waals surface area contributed by atoms with Gasteiger partial charge < -0.3 is 16.4 Å². The maximum absolute atomic E-state index is 11.5. The number of anilines is 1. The minimum atomic E-state index is -0.376. The van der Waals surface area contributed by atoms with Crippen molar-refractivity contribution in [2.24, 2.45) is 5.73 Å². The molecule has 1 atom stereocenters. The molecule has 1 amide bonds. The van der Waals surface area contributed by atoms with E-state index in [1.165, 1.54) is 0 Å². The number of hydrogen-bond donors (Lipinski definition) is 3. The summed E-state index contributed by atoms with van der Waals surface area (Å²) in [5, 5.41) is 6.01. The highest BCUT2D eigenvalue weighted by Crippen LogP contribution is 1.99. The Hall–Kier alpha value is -1.33. The second kappa shape index (κ2) is 10.6. The van der Waals surface area contributed by atoms with Gasteiger partial charge in [0.2, 0.25) is 5.91 Å². The monoisotopic (exact) mass is 286 g/mol.